The summed E-state index contributed by atoms with van der Waals surface area (Å²) >= 11 is 0. The van der Waals surface area contributed by atoms with Crippen LogP contribution in [0.3, 0.4) is 0 Å². The Balaban J connectivity index is 1.88. The molecule has 0 saturated heterocycles. The van der Waals surface area contributed by atoms with Crippen LogP contribution in [0.1, 0.15) is 35.6 Å². The van der Waals surface area contributed by atoms with Crippen molar-refractivity contribution in [3.05, 3.63) is 59.2 Å². The van der Waals surface area contributed by atoms with Crippen molar-refractivity contribution in [3.8, 4) is 6.07 Å². The third-order valence-corrected chi connectivity index (χ3v) is 3.88. The van der Waals surface area contributed by atoms with Crippen LogP contribution in [0.4, 0.5) is 11.4 Å². The second-order valence-electron chi connectivity index (χ2n) is 5.20. The molecule has 3 heteroatoms. The van der Waals surface area contributed by atoms with Gasteiger partial charge >= 0.3 is 0 Å². The van der Waals surface area contributed by atoms with Crippen LogP contribution in [0.25, 0.3) is 0 Å². The lowest BCUT2D eigenvalue weighted by atomic mass is 9.87. The number of nitrogens with one attached hydrogen (secondary N) is 1. The Hall–Kier alpha value is -2.47. The lowest BCUT2D eigenvalue weighted by Crippen LogP contribution is -2.17. The van der Waals surface area contributed by atoms with E-state index < -0.39 is 0 Å². The summed E-state index contributed by atoms with van der Waals surface area (Å²) in [6.45, 7) is 0. The predicted molar refractivity (Wildman–Crippen MR) is 81.3 cm³/mol. The van der Waals surface area contributed by atoms with Gasteiger partial charge in [-0.3, -0.25) is 0 Å². The van der Waals surface area contributed by atoms with Crippen molar-refractivity contribution in [1.29, 1.82) is 5.26 Å². The maximum Gasteiger partial charge on any atom is 0.101 e. The fraction of sp³-hybridized carbons (Fsp3) is 0.235. The third kappa shape index (κ3) is 2.33. The fourth-order valence-electron chi connectivity index (χ4n) is 2.85. The number of rotatable bonds is 2. The number of anilines is 2. The van der Waals surface area contributed by atoms with Gasteiger partial charge in [0.05, 0.1) is 11.6 Å². The van der Waals surface area contributed by atoms with E-state index in [1.807, 2.05) is 12.1 Å². The average Bonchev–Trinajstić information content (AvgIpc) is 2.49. The summed E-state index contributed by atoms with van der Waals surface area (Å²) in [6.07, 6.45) is 3.46. The maximum absolute atomic E-state index is 9.05. The largest absolute Gasteiger partial charge is 0.398 e. The van der Waals surface area contributed by atoms with E-state index >= 15 is 0 Å². The van der Waals surface area contributed by atoms with Gasteiger partial charge in [0.25, 0.3) is 0 Å². The van der Waals surface area contributed by atoms with Crippen molar-refractivity contribution in [1.82, 2.24) is 0 Å². The highest BCUT2D eigenvalue weighted by Crippen LogP contribution is 2.32. The highest BCUT2D eigenvalue weighted by molar-refractivity contribution is 5.62. The van der Waals surface area contributed by atoms with Crippen molar-refractivity contribution in [2.75, 3.05) is 11.1 Å². The second-order valence-corrected chi connectivity index (χ2v) is 5.20. The molecule has 2 aromatic carbocycles. The average molecular weight is 263 g/mol. The van der Waals surface area contributed by atoms with Crippen LogP contribution < -0.4 is 11.1 Å². The van der Waals surface area contributed by atoms with Gasteiger partial charge in [-0.2, -0.15) is 5.26 Å². The first-order valence-corrected chi connectivity index (χ1v) is 6.92. The molecule has 0 aromatic heterocycles. The first-order chi connectivity index (χ1) is 9.78. The molecule has 0 bridgehead atoms. The molecule has 3 N–H and O–H groups in total. The molecule has 0 amide bonds. The Morgan fingerprint density at radius 2 is 2.05 bits per heavy atom. The number of nitrogens with zero attached hydrogens (tertiary/aromatic N) is 1. The maximum atomic E-state index is 9.05. The molecule has 3 rings (SSSR count). The number of hydrogen-bond donors (Lipinski definition) is 2. The van der Waals surface area contributed by atoms with Crippen LogP contribution in [-0.2, 0) is 6.42 Å². The molecule has 1 aliphatic carbocycles. The van der Waals surface area contributed by atoms with E-state index in [0.29, 0.717) is 17.3 Å². The normalized spacial score (nSPS) is 17.1. The van der Waals surface area contributed by atoms with Crippen LogP contribution in [-0.4, -0.2) is 0 Å². The molecule has 0 heterocycles. The monoisotopic (exact) mass is 263 g/mol. The van der Waals surface area contributed by atoms with Gasteiger partial charge < -0.3 is 11.1 Å². The predicted octanol–water partition coefficient (Wildman–Crippen LogP) is 3.63. The molecular weight excluding hydrogens is 246 g/mol. The van der Waals surface area contributed by atoms with Crippen molar-refractivity contribution in [3.63, 3.8) is 0 Å². The summed E-state index contributed by atoms with van der Waals surface area (Å²) in [5.74, 6) is 0. The molecule has 20 heavy (non-hydrogen) atoms. The zero-order chi connectivity index (χ0) is 13.9. The van der Waals surface area contributed by atoms with Crippen LogP contribution in [0.15, 0.2) is 42.5 Å². The summed E-state index contributed by atoms with van der Waals surface area (Å²) in [5.41, 5.74) is 10.6. The van der Waals surface area contributed by atoms with E-state index in [2.05, 4.69) is 35.7 Å². The van der Waals surface area contributed by atoms with Gasteiger partial charge in [0.2, 0.25) is 0 Å². The lowest BCUT2D eigenvalue weighted by Gasteiger charge is -2.27. The van der Waals surface area contributed by atoms with Crippen LogP contribution >= 0.6 is 0 Å². The van der Waals surface area contributed by atoms with E-state index in [-0.39, 0.29) is 0 Å². The Bertz CT molecular complexity index is 670. The molecule has 0 spiro atoms. The summed E-state index contributed by atoms with van der Waals surface area (Å²) in [7, 11) is 0. The highest BCUT2D eigenvalue weighted by Gasteiger charge is 2.19. The first-order valence-electron chi connectivity index (χ1n) is 6.92. The molecule has 0 saturated carbocycles. The van der Waals surface area contributed by atoms with Crippen molar-refractivity contribution >= 4 is 11.4 Å². The Morgan fingerprint density at radius 3 is 2.90 bits per heavy atom. The Labute approximate surface area is 119 Å². The molecule has 0 radical (unpaired) electrons. The van der Waals surface area contributed by atoms with Crippen LogP contribution in [0, 0.1) is 11.3 Å². The zero-order valence-electron chi connectivity index (χ0n) is 11.3. The number of nitrogens with two attached hydrogens (primary N) is 1. The van der Waals surface area contributed by atoms with Crippen molar-refractivity contribution < 1.29 is 0 Å². The highest BCUT2D eigenvalue weighted by atomic mass is 14.9. The number of fused-ring (bicyclic) bond motifs is 1. The molecule has 3 nitrogen and oxygen atoms in total. The van der Waals surface area contributed by atoms with Gasteiger partial charge in [-0.05, 0) is 48.6 Å². The molecular formula is C17H17N3. The Morgan fingerprint density at radius 1 is 1.20 bits per heavy atom. The molecule has 2 aromatic rings. The lowest BCUT2D eigenvalue weighted by molar-refractivity contribution is 0.600. The van der Waals surface area contributed by atoms with Gasteiger partial charge in [-0.25, -0.2) is 0 Å². The van der Waals surface area contributed by atoms with Gasteiger partial charge in [0.1, 0.15) is 6.07 Å². The summed E-state index contributed by atoms with van der Waals surface area (Å²) < 4.78 is 0. The van der Waals surface area contributed by atoms with E-state index in [1.165, 1.54) is 17.5 Å². The minimum Gasteiger partial charge on any atom is -0.398 e. The molecule has 0 fully saturated rings. The van der Waals surface area contributed by atoms with Crippen LogP contribution in [0.5, 0.6) is 0 Å². The fourth-order valence-corrected chi connectivity index (χ4v) is 2.85. The third-order valence-electron chi connectivity index (χ3n) is 3.88. The van der Waals surface area contributed by atoms with E-state index in [0.717, 1.165) is 18.5 Å². The number of nitrogen functional groups attached to an aromatic ring is 1. The topological polar surface area (TPSA) is 61.8 Å². The van der Waals surface area contributed by atoms with E-state index in [4.69, 9.17) is 11.0 Å². The van der Waals surface area contributed by atoms with Crippen molar-refractivity contribution in [2.45, 2.75) is 25.3 Å². The molecule has 1 unspecified atom stereocenters. The minimum atomic E-state index is 0.315. The van der Waals surface area contributed by atoms with Gasteiger partial charge in [0, 0.05) is 11.4 Å². The standard InChI is InChI=1S/C17H17N3/c18-11-13-10-14(8-9-16(13)19)20-17-7-3-5-12-4-1-2-6-15(12)17/h1-2,4,6,8-10,17,20H,3,5,7,19H2. The summed E-state index contributed by atoms with van der Waals surface area (Å²) in [4.78, 5) is 0. The number of aryl methyl sites for hydroxylation is 1. The molecule has 0 aliphatic heterocycles. The number of benzene rings is 2. The van der Waals surface area contributed by atoms with Gasteiger partial charge in [-0.1, -0.05) is 24.3 Å². The minimum absolute atomic E-state index is 0.315. The van der Waals surface area contributed by atoms with Crippen LogP contribution in [0.2, 0.25) is 0 Å². The number of nitriles is 1. The smallest absolute Gasteiger partial charge is 0.101 e. The van der Waals surface area contributed by atoms with Crippen molar-refractivity contribution in [2.24, 2.45) is 0 Å². The summed E-state index contributed by atoms with van der Waals surface area (Å²) in [5, 5.41) is 12.6. The quantitative estimate of drug-likeness (QED) is 0.813. The van der Waals surface area contributed by atoms with E-state index in [9.17, 15) is 0 Å². The summed E-state index contributed by atoms with van der Waals surface area (Å²) in [6, 6.07) is 16.6. The van der Waals surface area contributed by atoms with E-state index in [1.54, 1.807) is 6.07 Å². The number of hydrogen-bond acceptors (Lipinski definition) is 3. The second kappa shape index (κ2) is 5.26. The SMILES string of the molecule is N#Cc1cc(NC2CCCc3ccccc32)ccc1N. The first kappa shape index (κ1) is 12.6. The zero-order valence-corrected chi connectivity index (χ0v) is 11.3. The van der Waals surface area contributed by atoms with Gasteiger partial charge in [0.15, 0.2) is 0 Å². The molecule has 1 aliphatic rings. The Kier molecular flexibility index (Phi) is 3.30. The molecule has 100 valence electrons. The van der Waals surface area contributed by atoms with Gasteiger partial charge in [-0.15, -0.1) is 0 Å². The molecule has 1 atom stereocenters.